The first kappa shape index (κ1) is 15.0. The largest absolute Gasteiger partial charge is 0.463 e. The molecular weight excluding hydrogens is 304 g/mol. The number of carbonyl (C=O) groups is 4. The number of rotatable bonds is 4. The fraction of sp³-hybridized carbons (Fsp3) is 0.333. The molecule has 0 aromatic heterocycles. The second-order valence-electron chi connectivity index (χ2n) is 5.15. The van der Waals surface area contributed by atoms with E-state index in [-0.39, 0.29) is 31.2 Å². The Morgan fingerprint density at radius 1 is 1.30 bits per heavy atom. The Balaban J connectivity index is 1.77. The number of imide groups is 1. The molecule has 1 unspecified atom stereocenters. The lowest BCUT2D eigenvalue weighted by atomic mass is 10.1. The fourth-order valence-corrected chi connectivity index (χ4v) is 2.42. The Hall–Kier alpha value is -2.90. The number of urea groups is 1. The molecule has 2 aliphatic heterocycles. The minimum Gasteiger partial charge on any atom is -0.463 e. The van der Waals surface area contributed by atoms with Crippen LogP contribution in [0.2, 0.25) is 0 Å². The number of cyclic esters (lactones) is 1. The van der Waals surface area contributed by atoms with Crippen LogP contribution in [0.25, 0.3) is 0 Å². The Morgan fingerprint density at radius 2 is 2.09 bits per heavy atom. The van der Waals surface area contributed by atoms with E-state index in [9.17, 15) is 19.2 Å². The van der Waals surface area contributed by atoms with E-state index in [2.05, 4.69) is 5.32 Å². The molecule has 1 aromatic rings. The van der Waals surface area contributed by atoms with Crippen molar-refractivity contribution in [1.82, 2.24) is 10.2 Å². The molecule has 1 atom stereocenters. The van der Waals surface area contributed by atoms with Crippen molar-refractivity contribution in [2.45, 2.75) is 19.1 Å². The molecular formula is C15H14N2O6. The van der Waals surface area contributed by atoms with E-state index >= 15 is 0 Å². The summed E-state index contributed by atoms with van der Waals surface area (Å²) < 4.78 is 9.90. The van der Waals surface area contributed by atoms with Gasteiger partial charge in [-0.25, -0.2) is 14.4 Å². The van der Waals surface area contributed by atoms with Gasteiger partial charge in [0, 0.05) is 6.42 Å². The van der Waals surface area contributed by atoms with Gasteiger partial charge in [-0.15, -0.1) is 0 Å². The van der Waals surface area contributed by atoms with Gasteiger partial charge in [0.1, 0.15) is 0 Å². The number of nitrogens with zero attached hydrogens (tertiary/aromatic N) is 1. The SMILES string of the molecule is O=C(OC1CCOC1=O)c1ccccc1CN1C(=O)CNC1=O. The third-order valence-corrected chi connectivity index (χ3v) is 3.64. The molecule has 2 fully saturated rings. The summed E-state index contributed by atoms with van der Waals surface area (Å²) in [7, 11) is 0. The number of esters is 2. The van der Waals surface area contributed by atoms with Crippen molar-refractivity contribution in [3.8, 4) is 0 Å². The van der Waals surface area contributed by atoms with Crippen LogP contribution < -0.4 is 5.32 Å². The van der Waals surface area contributed by atoms with Crippen molar-refractivity contribution < 1.29 is 28.7 Å². The van der Waals surface area contributed by atoms with Gasteiger partial charge < -0.3 is 14.8 Å². The maximum atomic E-state index is 12.3. The van der Waals surface area contributed by atoms with Crippen LogP contribution in [-0.4, -0.2) is 48.0 Å². The molecule has 120 valence electrons. The third-order valence-electron chi connectivity index (χ3n) is 3.64. The second-order valence-corrected chi connectivity index (χ2v) is 5.15. The topological polar surface area (TPSA) is 102 Å². The van der Waals surface area contributed by atoms with Crippen LogP contribution in [-0.2, 0) is 25.6 Å². The molecule has 8 heteroatoms. The summed E-state index contributed by atoms with van der Waals surface area (Å²) in [5.74, 6) is -1.61. The Kier molecular flexibility index (Phi) is 3.96. The van der Waals surface area contributed by atoms with E-state index in [4.69, 9.17) is 9.47 Å². The first-order chi connectivity index (χ1) is 11.1. The van der Waals surface area contributed by atoms with E-state index in [1.54, 1.807) is 18.2 Å². The fourth-order valence-electron chi connectivity index (χ4n) is 2.42. The molecule has 3 rings (SSSR count). The zero-order valence-corrected chi connectivity index (χ0v) is 12.1. The zero-order valence-electron chi connectivity index (χ0n) is 12.1. The predicted molar refractivity (Wildman–Crippen MR) is 75.2 cm³/mol. The minimum atomic E-state index is -0.910. The molecule has 3 amide bonds. The van der Waals surface area contributed by atoms with Crippen LogP contribution in [0.5, 0.6) is 0 Å². The van der Waals surface area contributed by atoms with Crippen LogP contribution in [0, 0.1) is 0 Å². The lowest BCUT2D eigenvalue weighted by molar-refractivity contribution is -0.145. The van der Waals surface area contributed by atoms with Gasteiger partial charge >= 0.3 is 18.0 Å². The van der Waals surface area contributed by atoms with E-state index in [0.29, 0.717) is 12.0 Å². The molecule has 23 heavy (non-hydrogen) atoms. The van der Waals surface area contributed by atoms with Crippen LogP contribution >= 0.6 is 0 Å². The second kappa shape index (κ2) is 6.07. The number of ether oxygens (including phenoxy) is 2. The van der Waals surface area contributed by atoms with Crippen molar-refractivity contribution in [2.75, 3.05) is 13.2 Å². The summed E-state index contributed by atoms with van der Waals surface area (Å²) in [5, 5.41) is 2.41. The predicted octanol–water partition coefficient (Wildman–Crippen LogP) is 0.211. The smallest absolute Gasteiger partial charge is 0.347 e. The highest BCUT2D eigenvalue weighted by atomic mass is 16.6. The van der Waals surface area contributed by atoms with Gasteiger partial charge in [-0.05, 0) is 11.6 Å². The molecule has 2 aliphatic rings. The van der Waals surface area contributed by atoms with E-state index in [1.165, 1.54) is 6.07 Å². The third kappa shape index (κ3) is 3.01. The van der Waals surface area contributed by atoms with Gasteiger partial charge in [-0.2, -0.15) is 0 Å². The molecule has 1 N–H and O–H groups in total. The Bertz CT molecular complexity index is 670. The van der Waals surface area contributed by atoms with Gasteiger partial charge in [0.25, 0.3) is 0 Å². The molecule has 2 saturated heterocycles. The van der Waals surface area contributed by atoms with Gasteiger partial charge in [-0.1, -0.05) is 18.2 Å². The maximum Gasteiger partial charge on any atom is 0.347 e. The number of amides is 3. The summed E-state index contributed by atoms with van der Waals surface area (Å²) in [6.45, 7) is 0.130. The lowest BCUT2D eigenvalue weighted by Gasteiger charge is -2.16. The summed E-state index contributed by atoms with van der Waals surface area (Å²) in [6.07, 6.45) is -0.591. The number of hydrogen-bond donors (Lipinski definition) is 1. The minimum absolute atomic E-state index is 0.0367. The average Bonchev–Trinajstić information content (AvgIpc) is 3.08. The van der Waals surface area contributed by atoms with Gasteiger partial charge in [-0.3, -0.25) is 9.69 Å². The van der Waals surface area contributed by atoms with Gasteiger partial charge in [0.05, 0.1) is 25.3 Å². The van der Waals surface area contributed by atoms with Crippen molar-refractivity contribution in [1.29, 1.82) is 0 Å². The summed E-state index contributed by atoms with van der Waals surface area (Å²) >= 11 is 0. The first-order valence-corrected chi connectivity index (χ1v) is 7.10. The number of carbonyl (C=O) groups excluding carboxylic acids is 4. The Labute approximate surface area is 131 Å². The van der Waals surface area contributed by atoms with Gasteiger partial charge in [0.15, 0.2) is 0 Å². The quantitative estimate of drug-likeness (QED) is 0.629. The zero-order chi connectivity index (χ0) is 16.4. The average molecular weight is 318 g/mol. The highest BCUT2D eigenvalue weighted by Gasteiger charge is 2.32. The van der Waals surface area contributed by atoms with Crippen LogP contribution in [0.1, 0.15) is 22.3 Å². The molecule has 0 bridgehead atoms. The van der Waals surface area contributed by atoms with Crippen molar-refractivity contribution in [2.24, 2.45) is 0 Å². The maximum absolute atomic E-state index is 12.3. The number of hydrogen-bond acceptors (Lipinski definition) is 6. The summed E-state index contributed by atoms with van der Waals surface area (Å²) in [5.41, 5.74) is 0.675. The van der Waals surface area contributed by atoms with Crippen molar-refractivity contribution in [3.63, 3.8) is 0 Å². The van der Waals surface area contributed by atoms with Crippen LogP contribution in [0.4, 0.5) is 4.79 Å². The number of nitrogens with one attached hydrogen (secondary N) is 1. The normalized spacial score (nSPS) is 20.4. The Morgan fingerprint density at radius 3 is 2.74 bits per heavy atom. The van der Waals surface area contributed by atoms with Crippen molar-refractivity contribution in [3.05, 3.63) is 35.4 Å². The summed E-state index contributed by atoms with van der Waals surface area (Å²) in [4.78, 5) is 47.9. The standard InChI is InChI=1S/C15H14N2O6/c18-12-7-16-15(21)17(12)8-9-3-1-2-4-10(9)13(19)23-11-5-6-22-14(11)20/h1-4,11H,5-8H2,(H,16,21). The molecule has 8 nitrogen and oxygen atoms in total. The van der Waals surface area contributed by atoms with Crippen molar-refractivity contribution >= 4 is 23.9 Å². The van der Waals surface area contributed by atoms with E-state index < -0.39 is 24.1 Å². The van der Waals surface area contributed by atoms with Crippen LogP contribution in [0.3, 0.4) is 0 Å². The highest BCUT2D eigenvalue weighted by Crippen LogP contribution is 2.18. The first-order valence-electron chi connectivity index (χ1n) is 7.10. The summed E-state index contributed by atoms with van der Waals surface area (Å²) in [6, 6.07) is 5.98. The molecule has 2 heterocycles. The van der Waals surface area contributed by atoms with E-state index in [0.717, 1.165) is 4.90 Å². The molecule has 0 radical (unpaired) electrons. The number of benzene rings is 1. The highest BCUT2D eigenvalue weighted by molar-refractivity contribution is 6.02. The van der Waals surface area contributed by atoms with Gasteiger partial charge in [0.2, 0.25) is 12.0 Å². The molecule has 0 spiro atoms. The molecule has 0 saturated carbocycles. The monoisotopic (exact) mass is 318 g/mol. The van der Waals surface area contributed by atoms with E-state index in [1.807, 2.05) is 0 Å². The van der Waals surface area contributed by atoms with Crippen LogP contribution in [0.15, 0.2) is 24.3 Å². The lowest BCUT2D eigenvalue weighted by Crippen LogP contribution is -2.31. The molecule has 1 aromatic carbocycles. The molecule has 0 aliphatic carbocycles.